The lowest BCUT2D eigenvalue weighted by Crippen LogP contribution is -2.39. The van der Waals surface area contributed by atoms with Crippen molar-refractivity contribution in [2.45, 2.75) is 39.0 Å². The van der Waals surface area contributed by atoms with E-state index in [4.69, 9.17) is 10.8 Å². The fourth-order valence-electron chi connectivity index (χ4n) is 3.75. The normalized spacial score (nSPS) is 39.6. The molecule has 0 saturated heterocycles. The highest BCUT2D eigenvalue weighted by atomic mass is 16.4. The zero-order chi connectivity index (χ0) is 12.8. The number of aliphatic carboxylic acids is 1. The molecule has 2 saturated carbocycles. The highest BCUT2D eigenvalue weighted by Crippen LogP contribution is 2.66. The quantitative estimate of drug-likeness (QED) is 0.730. The molecule has 3 N–H and O–H groups in total. The molecule has 2 aliphatic rings. The van der Waals surface area contributed by atoms with Gasteiger partial charge in [0.1, 0.15) is 0 Å². The standard InChI is InChI=1S/C13H19NO3/c1-8-12(2,5-4-10(15)16)9-3-6-13(8,7-9)11(14)17/h9H,1,3-7H2,2H3,(H2,14,17)(H,15,16)/t9-,12-,13+/m0/s1. The van der Waals surface area contributed by atoms with Crippen LogP contribution in [0.2, 0.25) is 0 Å². The summed E-state index contributed by atoms with van der Waals surface area (Å²) < 4.78 is 0. The average Bonchev–Trinajstić information content (AvgIpc) is 2.77. The molecule has 2 aliphatic carbocycles. The van der Waals surface area contributed by atoms with Crippen LogP contribution in [-0.2, 0) is 9.59 Å². The van der Waals surface area contributed by atoms with Crippen LogP contribution in [0.4, 0.5) is 0 Å². The van der Waals surface area contributed by atoms with Crippen LogP contribution >= 0.6 is 0 Å². The topological polar surface area (TPSA) is 80.4 Å². The van der Waals surface area contributed by atoms with Gasteiger partial charge in [0.15, 0.2) is 0 Å². The van der Waals surface area contributed by atoms with E-state index in [1.54, 1.807) is 0 Å². The Morgan fingerprint density at radius 3 is 2.71 bits per heavy atom. The third-order valence-corrected chi connectivity index (χ3v) is 5.01. The highest BCUT2D eigenvalue weighted by Gasteiger charge is 2.61. The van der Waals surface area contributed by atoms with Gasteiger partial charge in [-0.2, -0.15) is 0 Å². The van der Waals surface area contributed by atoms with Crippen molar-refractivity contribution in [2.75, 3.05) is 0 Å². The molecule has 3 atom stereocenters. The smallest absolute Gasteiger partial charge is 0.303 e. The molecule has 1 amide bonds. The predicted molar refractivity (Wildman–Crippen MR) is 63.1 cm³/mol. The average molecular weight is 237 g/mol. The molecule has 0 heterocycles. The van der Waals surface area contributed by atoms with Gasteiger partial charge in [0.25, 0.3) is 0 Å². The first-order valence-electron chi connectivity index (χ1n) is 6.04. The van der Waals surface area contributed by atoms with Gasteiger partial charge in [-0.05, 0) is 37.0 Å². The maximum Gasteiger partial charge on any atom is 0.303 e. The fraction of sp³-hybridized carbons (Fsp3) is 0.692. The minimum absolute atomic E-state index is 0.126. The van der Waals surface area contributed by atoms with Gasteiger partial charge in [0.2, 0.25) is 5.91 Å². The second-order valence-corrected chi connectivity index (χ2v) is 5.68. The summed E-state index contributed by atoms with van der Waals surface area (Å²) in [7, 11) is 0. The van der Waals surface area contributed by atoms with Crippen molar-refractivity contribution >= 4 is 11.9 Å². The Hall–Kier alpha value is -1.32. The number of hydrogen-bond acceptors (Lipinski definition) is 2. The molecule has 4 heteroatoms. The Labute approximate surface area is 101 Å². The third kappa shape index (κ3) is 1.50. The van der Waals surface area contributed by atoms with E-state index in [9.17, 15) is 9.59 Å². The van der Waals surface area contributed by atoms with Crippen LogP contribution in [0.25, 0.3) is 0 Å². The van der Waals surface area contributed by atoms with Gasteiger partial charge < -0.3 is 10.8 Å². The third-order valence-electron chi connectivity index (χ3n) is 5.01. The van der Waals surface area contributed by atoms with E-state index >= 15 is 0 Å². The summed E-state index contributed by atoms with van der Waals surface area (Å²) in [5, 5.41) is 8.80. The van der Waals surface area contributed by atoms with Crippen LogP contribution in [0.3, 0.4) is 0 Å². The van der Waals surface area contributed by atoms with Crippen LogP contribution in [0.5, 0.6) is 0 Å². The number of carbonyl (C=O) groups is 2. The first kappa shape index (κ1) is 12.1. The number of primary amides is 1. The Morgan fingerprint density at radius 2 is 2.24 bits per heavy atom. The van der Waals surface area contributed by atoms with E-state index in [0.29, 0.717) is 12.3 Å². The molecule has 0 aromatic rings. The molecule has 94 valence electrons. The van der Waals surface area contributed by atoms with Gasteiger partial charge in [-0.15, -0.1) is 0 Å². The Bertz CT molecular complexity index is 403. The van der Waals surface area contributed by atoms with Crippen LogP contribution in [0, 0.1) is 16.7 Å². The lowest BCUT2D eigenvalue weighted by molar-refractivity contribution is -0.137. The maximum atomic E-state index is 11.7. The van der Waals surface area contributed by atoms with E-state index in [0.717, 1.165) is 24.8 Å². The van der Waals surface area contributed by atoms with Crippen molar-refractivity contribution in [3.63, 3.8) is 0 Å². The van der Waals surface area contributed by atoms with E-state index < -0.39 is 11.4 Å². The molecule has 0 unspecified atom stereocenters. The summed E-state index contributed by atoms with van der Waals surface area (Å²) in [5.41, 5.74) is 5.60. The van der Waals surface area contributed by atoms with E-state index in [-0.39, 0.29) is 17.7 Å². The molecule has 2 rings (SSSR count). The number of hydrogen-bond donors (Lipinski definition) is 2. The van der Waals surface area contributed by atoms with Crippen molar-refractivity contribution in [3.05, 3.63) is 12.2 Å². The molecular weight excluding hydrogens is 218 g/mol. The van der Waals surface area contributed by atoms with Crippen LogP contribution in [-0.4, -0.2) is 17.0 Å². The SMILES string of the molecule is C=C1[C@@]2(C(N)=O)CC[C@@H](C2)[C@@]1(C)CCC(=O)O. The Kier molecular flexibility index (Phi) is 2.56. The first-order chi connectivity index (χ1) is 7.83. The summed E-state index contributed by atoms with van der Waals surface area (Å²) >= 11 is 0. The van der Waals surface area contributed by atoms with Crippen LogP contribution in [0.1, 0.15) is 39.0 Å². The number of nitrogens with two attached hydrogens (primary N) is 1. The molecular formula is C13H19NO3. The molecule has 0 aromatic heterocycles. The summed E-state index contributed by atoms with van der Waals surface area (Å²) in [5.74, 6) is -0.721. The lowest BCUT2D eigenvalue weighted by Gasteiger charge is -2.39. The minimum atomic E-state index is -0.796. The molecule has 2 fully saturated rings. The zero-order valence-corrected chi connectivity index (χ0v) is 10.2. The Morgan fingerprint density at radius 1 is 1.59 bits per heavy atom. The molecule has 0 aliphatic heterocycles. The highest BCUT2D eigenvalue weighted by molar-refractivity contribution is 5.86. The minimum Gasteiger partial charge on any atom is -0.481 e. The van der Waals surface area contributed by atoms with Crippen LogP contribution in [0.15, 0.2) is 12.2 Å². The molecule has 0 spiro atoms. The van der Waals surface area contributed by atoms with Gasteiger partial charge in [0.05, 0.1) is 5.41 Å². The van der Waals surface area contributed by atoms with Gasteiger partial charge in [-0.1, -0.05) is 19.1 Å². The van der Waals surface area contributed by atoms with Gasteiger partial charge in [0, 0.05) is 6.42 Å². The second-order valence-electron chi connectivity index (χ2n) is 5.68. The Balaban J connectivity index is 2.25. The molecule has 2 bridgehead atoms. The van der Waals surface area contributed by atoms with Gasteiger partial charge >= 0.3 is 5.97 Å². The molecule has 17 heavy (non-hydrogen) atoms. The second kappa shape index (κ2) is 3.59. The molecule has 4 nitrogen and oxygen atoms in total. The predicted octanol–water partition coefficient (Wildman–Crippen LogP) is 1.70. The largest absolute Gasteiger partial charge is 0.481 e. The summed E-state index contributed by atoms with van der Waals surface area (Å²) in [6.07, 6.45) is 3.19. The zero-order valence-electron chi connectivity index (χ0n) is 10.2. The number of carbonyl (C=O) groups excluding carboxylic acids is 1. The number of carboxylic acids is 1. The number of rotatable bonds is 4. The van der Waals surface area contributed by atoms with Crippen molar-refractivity contribution in [3.8, 4) is 0 Å². The van der Waals surface area contributed by atoms with Crippen molar-refractivity contribution in [1.29, 1.82) is 0 Å². The maximum absolute atomic E-state index is 11.7. The van der Waals surface area contributed by atoms with Crippen molar-refractivity contribution in [1.82, 2.24) is 0 Å². The lowest BCUT2D eigenvalue weighted by atomic mass is 9.65. The molecule has 0 aromatic carbocycles. The van der Waals surface area contributed by atoms with Gasteiger partial charge in [-0.25, -0.2) is 0 Å². The van der Waals surface area contributed by atoms with Gasteiger partial charge in [-0.3, -0.25) is 9.59 Å². The number of amides is 1. The van der Waals surface area contributed by atoms with E-state index in [1.807, 2.05) is 6.92 Å². The molecule has 0 radical (unpaired) electrons. The fourth-order valence-corrected chi connectivity index (χ4v) is 3.75. The summed E-state index contributed by atoms with van der Waals surface area (Å²) in [6, 6.07) is 0. The number of carboxylic acid groups (broad SMARTS) is 1. The first-order valence-corrected chi connectivity index (χ1v) is 6.04. The van der Waals surface area contributed by atoms with Crippen molar-refractivity contribution in [2.24, 2.45) is 22.5 Å². The monoisotopic (exact) mass is 237 g/mol. The summed E-state index contributed by atoms with van der Waals surface area (Å²) in [4.78, 5) is 22.4. The van der Waals surface area contributed by atoms with E-state index in [2.05, 4.69) is 6.58 Å². The van der Waals surface area contributed by atoms with E-state index in [1.165, 1.54) is 0 Å². The number of fused-ring (bicyclic) bond motifs is 2. The summed E-state index contributed by atoms with van der Waals surface area (Å²) in [6.45, 7) is 6.10. The van der Waals surface area contributed by atoms with Crippen molar-refractivity contribution < 1.29 is 14.7 Å². The van der Waals surface area contributed by atoms with Crippen LogP contribution < -0.4 is 5.73 Å².